The van der Waals surface area contributed by atoms with Crippen LogP contribution in [0, 0.1) is 11.8 Å². The van der Waals surface area contributed by atoms with Gasteiger partial charge in [-0.3, -0.25) is 9.59 Å². The lowest BCUT2D eigenvalue weighted by Gasteiger charge is -2.43. The summed E-state index contributed by atoms with van der Waals surface area (Å²) >= 11 is 6.38. The molecule has 5 unspecified atom stereocenters. The number of rotatable bonds is 11. The fourth-order valence-corrected chi connectivity index (χ4v) is 6.17. The van der Waals surface area contributed by atoms with Crippen LogP contribution in [0.1, 0.15) is 89.0 Å². The number of benzene rings is 2. The lowest BCUT2D eigenvalue weighted by molar-refractivity contribution is -0.127. The number of carbonyl (C=O) groups excluding carboxylic acids is 1. The fourth-order valence-electron chi connectivity index (χ4n) is 5.97. The van der Waals surface area contributed by atoms with Crippen molar-refractivity contribution < 1.29 is 29.6 Å². The van der Waals surface area contributed by atoms with Crippen LogP contribution in [0.4, 0.5) is 5.69 Å². The van der Waals surface area contributed by atoms with Gasteiger partial charge in [0.15, 0.2) is 0 Å². The molecule has 3 N–H and O–H groups in total. The van der Waals surface area contributed by atoms with E-state index >= 15 is 0 Å². The lowest BCUT2D eigenvalue weighted by Crippen LogP contribution is -2.44. The number of nitrogens with zero attached hydrogens (tertiary/aromatic N) is 2. The summed E-state index contributed by atoms with van der Waals surface area (Å²) < 4.78 is 6.41. The zero-order chi connectivity index (χ0) is 33.5. The first-order valence-corrected chi connectivity index (χ1v) is 16.6. The average Bonchev–Trinajstić information content (AvgIpc) is 3.18. The van der Waals surface area contributed by atoms with E-state index in [2.05, 4.69) is 30.0 Å². The number of fused-ring (bicyclic) bond motifs is 1. The molecule has 5 atom stereocenters. The van der Waals surface area contributed by atoms with Gasteiger partial charge >= 0.3 is 0 Å². The summed E-state index contributed by atoms with van der Waals surface area (Å²) in [5.74, 6) is 1.64. The second kappa shape index (κ2) is 19.4. The van der Waals surface area contributed by atoms with Crippen molar-refractivity contribution in [1.29, 1.82) is 0 Å². The molecule has 0 radical (unpaired) electrons. The van der Waals surface area contributed by atoms with E-state index in [0.29, 0.717) is 25.5 Å². The van der Waals surface area contributed by atoms with Crippen molar-refractivity contribution in [3.8, 4) is 5.75 Å². The molecule has 1 aliphatic carbocycles. The standard InChI is InChI=1S/C33H45ClN2O4.C2H6.CH2O2/c1-5-8-25-17-28(34)12-14-29(25)27-20-36(31-18-24(22(2)37)11-15-33(31)40-21-27)19-26-10-13-30(26)32(39)9-6-7-16-35(4)23(3)38;1-2;2-1-3/h6-7,11-12,14-15,17-18,22,26-27,30,32,37,39H,5,8-10,13,16,19-21H2,1-4H3;1-2H3;1H,(H,2,3)/b7-6+;;. The smallest absolute Gasteiger partial charge is 0.290 e. The van der Waals surface area contributed by atoms with Gasteiger partial charge in [-0.1, -0.05) is 63.1 Å². The summed E-state index contributed by atoms with van der Waals surface area (Å²) in [5, 5.41) is 29.0. The second-order valence-corrected chi connectivity index (χ2v) is 12.1. The maximum Gasteiger partial charge on any atom is 0.290 e. The third-order valence-corrected chi connectivity index (χ3v) is 8.87. The molecule has 8 nitrogen and oxygen atoms in total. The first-order chi connectivity index (χ1) is 21.6. The summed E-state index contributed by atoms with van der Waals surface area (Å²) in [5.41, 5.74) is 4.44. The molecule has 2 aromatic carbocycles. The number of hydrogen-bond donors (Lipinski definition) is 3. The summed E-state index contributed by atoms with van der Waals surface area (Å²) in [6, 6.07) is 12.2. The van der Waals surface area contributed by atoms with E-state index in [-0.39, 0.29) is 24.2 Å². The molecule has 1 aliphatic heterocycles. The second-order valence-electron chi connectivity index (χ2n) is 11.7. The van der Waals surface area contributed by atoms with Crippen LogP contribution in [0.15, 0.2) is 48.6 Å². The van der Waals surface area contributed by atoms with Crippen LogP contribution in [0.2, 0.25) is 5.02 Å². The summed E-state index contributed by atoms with van der Waals surface area (Å²) in [7, 11) is 1.78. The maximum absolute atomic E-state index is 11.4. The van der Waals surface area contributed by atoms with Crippen LogP contribution in [0.3, 0.4) is 0 Å². The van der Waals surface area contributed by atoms with Crippen molar-refractivity contribution in [2.45, 2.75) is 84.8 Å². The molecular weight excluding hydrogens is 592 g/mol. The van der Waals surface area contributed by atoms with E-state index in [9.17, 15) is 15.0 Å². The number of likely N-dealkylation sites (N-methyl/N-ethyl adjacent to an activating group) is 1. The minimum Gasteiger partial charge on any atom is -0.491 e. The Hall–Kier alpha value is -3.07. The molecule has 1 saturated carbocycles. The van der Waals surface area contributed by atoms with Gasteiger partial charge < -0.3 is 29.9 Å². The van der Waals surface area contributed by atoms with Gasteiger partial charge in [0.05, 0.1) is 24.5 Å². The highest BCUT2D eigenvalue weighted by molar-refractivity contribution is 6.30. The third-order valence-electron chi connectivity index (χ3n) is 8.64. The molecule has 45 heavy (non-hydrogen) atoms. The topological polar surface area (TPSA) is 111 Å². The Morgan fingerprint density at radius 1 is 1.16 bits per heavy atom. The zero-order valence-corrected chi connectivity index (χ0v) is 28.5. The SMILES string of the molecule is CC.CCCc1cc(Cl)ccc1C1COc2ccc(C(C)O)cc2N(CC2CCC2C(O)C/C=C/CN(C)C(C)=O)C1.O=CO. The Kier molecular flexibility index (Phi) is 16.5. The highest BCUT2D eigenvalue weighted by atomic mass is 35.5. The number of carbonyl (C=O) groups is 2. The molecule has 0 spiro atoms. The number of aryl methyl sites for hydroxylation is 1. The Morgan fingerprint density at radius 2 is 1.87 bits per heavy atom. The Morgan fingerprint density at radius 3 is 2.47 bits per heavy atom. The molecule has 2 aliphatic rings. The van der Waals surface area contributed by atoms with Crippen LogP contribution in [-0.2, 0) is 16.0 Å². The minimum absolute atomic E-state index is 0.0310. The van der Waals surface area contributed by atoms with E-state index in [4.69, 9.17) is 26.2 Å². The normalized spacial score (nSPS) is 20.1. The number of ether oxygens (including phenoxy) is 1. The van der Waals surface area contributed by atoms with Crippen molar-refractivity contribution in [3.05, 3.63) is 70.3 Å². The van der Waals surface area contributed by atoms with Crippen LogP contribution in [0.5, 0.6) is 5.75 Å². The average molecular weight is 645 g/mol. The van der Waals surface area contributed by atoms with E-state index in [1.165, 1.54) is 11.1 Å². The molecule has 4 rings (SSSR count). The third kappa shape index (κ3) is 11.0. The Bertz CT molecular complexity index is 1240. The van der Waals surface area contributed by atoms with Crippen LogP contribution < -0.4 is 9.64 Å². The first-order valence-electron chi connectivity index (χ1n) is 16.2. The van der Waals surface area contributed by atoms with Gasteiger partial charge in [-0.15, -0.1) is 0 Å². The molecule has 0 bridgehead atoms. The van der Waals surface area contributed by atoms with Gasteiger partial charge in [-0.05, 0) is 85.4 Å². The number of amides is 1. The van der Waals surface area contributed by atoms with Gasteiger partial charge in [-0.25, -0.2) is 0 Å². The fraction of sp³-hybridized carbons (Fsp3) is 0.556. The number of anilines is 1. The van der Waals surface area contributed by atoms with Crippen LogP contribution in [0.25, 0.3) is 0 Å². The van der Waals surface area contributed by atoms with Gasteiger partial charge in [0.2, 0.25) is 5.91 Å². The monoisotopic (exact) mass is 644 g/mol. The predicted molar refractivity (Wildman–Crippen MR) is 182 cm³/mol. The van der Waals surface area contributed by atoms with Gasteiger partial charge in [0, 0.05) is 44.5 Å². The number of hydrogen-bond acceptors (Lipinski definition) is 6. The molecule has 9 heteroatoms. The molecule has 0 saturated heterocycles. The lowest BCUT2D eigenvalue weighted by atomic mass is 9.69. The van der Waals surface area contributed by atoms with E-state index < -0.39 is 12.2 Å². The van der Waals surface area contributed by atoms with Crippen molar-refractivity contribution in [2.24, 2.45) is 11.8 Å². The summed E-state index contributed by atoms with van der Waals surface area (Å²) in [6.07, 6.45) is 7.68. The molecule has 1 amide bonds. The largest absolute Gasteiger partial charge is 0.491 e. The number of carboxylic acid groups (broad SMARTS) is 1. The molecule has 1 fully saturated rings. The Balaban J connectivity index is 0.00000133. The molecular formula is C36H53ClN2O6. The van der Waals surface area contributed by atoms with E-state index in [1.54, 1.807) is 25.8 Å². The summed E-state index contributed by atoms with van der Waals surface area (Å²) in [4.78, 5) is 23.9. The van der Waals surface area contributed by atoms with Crippen LogP contribution >= 0.6 is 11.6 Å². The molecule has 0 aromatic heterocycles. The quantitative estimate of drug-likeness (QED) is 0.181. The highest BCUT2D eigenvalue weighted by Crippen LogP contribution is 2.43. The van der Waals surface area contributed by atoms with E-state index in [1.807, 2.05) is 44.2 Å². The van der Waals surface area contributed by atoms with Crippen molar-refractivity contribution in [2.75, 3.05) is 38.2 Å². The summed E-state index contributed by atoms with van der Waals surface area (Å²) in [6.45, 7) is 12.0. The van der Waals surface area contributed by atoms with Crippen molar-refractivity contribution in [1.82, 2.24) is 4.90 Å². The minimum atomic E-state index is -0.564. The Labute approximate surface area is 274 Å². The number of aliphatic hydroxyl groups is 2. The van der Waals surface area contributed by atoms with Crippen molar-refractivity contribution in [3.63, 3.8) is 0 Å². The molecule has 1 heterocycles. The maximum atomic E-state index is 11.4. The first kappa shape index (κ1) is 38.1. The molecule has 250 valence electrons. The van der Waals surface area contributed by atoms with Gasteiger partial charge in [-0.2, -0.15) is 0 Å². The number of aliphatic hydroxyl groups excluding tert-OH is 2. The number of halogens is 1. The van der Waals surface area contributed by atoms with Crippen LogP contribution in [-0.4, -0.2) is 72.0 Å². The molecule has 2 aromatic rings. The van der Waals surface area contributed by atoms with E-state index in [0.717, 1.165) is 60.8 Å². The highest BCUT2D eigenvalue weighted by Gasteiger charge is 2.38. The predicted octanol–water partition coefficient (Wildman–Crippen LogP) is 6.87. The van der Waals surface area contributed by atoms with Gasteiger partial charge in [0.25, 0.3) is 6.47 Å². The van der Waals surface area contributed by atoms with Crippen molar-refractivity contribution >= 4 is 29.7 Å². The zero-order valence-electron chi connectivity index (χ0n) is 27.8. The van der Waals surface area contributed by atoms with Gasteiger partial charge in [0.1, 0.15) is 5.75 Å².